The number of ether oxygens (including phenoxy) is 1. The van der Waals surface area contributed by atoms with E-state index >= 15 is 0 Å². The first-order chi connectivity index (χ1) is 13.7. The molecule has 8 heteroatoms. The van der Waals surface area contributed by atoms with E-state index in [1.165, 1.54) is 12.1 Å². The summed E-state index contributed by atoms with van der Waals surface area (Å²) in [4.78, 5) is 13.1. The van der Waals surface area contributed by atoms with Crippen LogP contribution in [0.1, 0.15) is 34.3 Å². The quantitative estimate of drug-likeness (QED) is 0.555. The SMILES string of the molecule is O=C1c2ccccc2CCCC1(CO)COC(=S)Nc1cccc(C(F)(F)F)c1. The molecule has 3 rings (SSSR count). The number of halogens is 3. The maximum atomic E-state index is 13.1. The van der Waals surface area contributed by atoms with E-state index in [2.05, 4.69) is 5.32 Å². The first-order valence-electron chi connectivity index (χ1n) is 9.10. The largest absolute Gasteiger partial charge is 0.470 e. The molecule has 29 heavy (non-hydrogen) atoms. The number of Topliss-reactive ketones (excluding diaryl/α,β-unsaturated/α-hetero) is 1. The molecule has 0 saturated heterocycles. The predicted octanol–water partition coefficient (Wildman–Crippen LogP) is 4.62. The lowest BCUT2D eigenvalue weighted by atomic mass is 9.79. The summed E-state index contributed by atoms with van der Waals surface area (Å²) in [5.41, 5.74) is -0.350. The third-order valence-corrected chi connectivity index (χ3v) is 5.28. The van der Waals surface area contributed by atoms with Crippen LogP contribution in [0.2, 0.25) is 0 Å². The summed E-state index contributed by atoms with van der Waals surface area (Å²) in [6, 6.07) is 11.8. The second kappa shape index (κ2) is 8.51. The van der Waals surface area contributed by atoms with Crippen LogP contribution >= 0.6 is 12.2 Å². The number of nitrogens with one attached hydrogen (secondary N) is 1. The molecule has 4 nitrogen and oxygen atoms in total. The van der Waals surface area contributed by atoms with Crippen molar-refractivity contribution in [2.45, 2.75) is 25.4 Å². The molecule has 2 aromatic rings. The van der Waals surface area contributed by atoms with Crippen LogP contribution in [-0.2, 0) is 17.3 Å². The lowest BCUT2D eigenvalue weighted by molar-refractivity contribution is -0.137. The minimum Gasteiger partial charge on any atom is -0.470 e. The molecule has 0 bridgehead atoms. The molecule has 0 amide bonds. The fraction of sp³-hybridized carbons (Fsp3) is 0.333. The van der Waals surface area contributed by atoms with Crippen LogP contribution in [0.25, 0.3) is 0 Å². The molecule has 0 saturated carbocycles. The van der Waals surface area contributed by atoms with Gasteiger partial charge in [0.25, 0.3) is 5.17 Å². The normalized spacial score (nSPS) is 19.2. The van der Waals surface area contributed by atoms with Crippen LogP contribution < -0.4 is 5.32 Å². The fourth-order valence-corrected chi connectivity index (χ4v) is 3.62. The number of anilines is 1. The van der Waals surface area contributed by atoms with Gasteiger partial charge in [0, 0.05) is 11.3 Å². The van der Waals surface area contributed by atoms with Crippen molar-refractivity contribution in [1.29, 1.82) is 0 Å². The van der Waals surface area contributed by atoms with E-state index in [0.717, 1.165) is 24.1 Å². The summed E-state index contributed by atoms with van der Waals surface area (Å²) in [7, 11) is 0. The van der Waals surface area contributed by atoms with Crippen molar-refractivity contribution in [1.82, 2.24) is 0 Å². The average Bonchev–Trinajstić information content (AvgIpc) is 2.83. The molecule has 1 unspecified atom stereocenters. The van der Waals surface area contributed by atoms with E-state index in [1.807, 2.05) is 12.1 Å². The van der Waals surface area contributed by atoms with Crippen molar-refractivity contribution in [3.63, 3.8) is 0 Å². The fourth-order valence-electron chi connectivity index (χ4n) is 3.44. The van der Waals surface area contributed by atoms with Gasteiger partial charge in [-0.1, -0.05) is 30.3 Å². The number of benzene rings is 2. The molecule has 0 radical (unpaired) electrons. The zero-order valence-electron chi connectivity index (χ0n) is 15.5. The number of alkyl halides is 3. The van der Waals surface area contributed by atoms with Crippen molar-refractivity contribution < 1.29 is 27.8 Å². The Balaban J connectivity index is 1.71. The van der Waals surface area contributed by atoms with Crippen molar-refractivity contribution in [3.8, 4) is 0 Å². The Morgan fingerprint density at radius 2 is 1.97 bits per heavy atom. The number of aliphatic hydroxyl groups is 1. The van der Waals surface area contributed by atoms with Gasteiger partial charge in [0.15, 0.2) is 5.78 Å². The lowest BCUT2D eigenvalue weighted by Crippen LogP contribution is -2.40. The first-order valence-corrected chi connectivity index (χ1v) is 9.51. The van der Waals surface area contributed by atoms with Crippen LogP contribution in [0.3, 0.4) is 0 Å². The van der Waals surface area contributed by atoms with Gasteiger partial charge in [-0.05, 0) is 55.2 Å². The summed E-state index contributed by atoms with van der Waals surface area (Å²) < 4.78 is 44.0. The van der Waals surface area contributed by atoms with Gasteiger partial charge >= 0.3 is 6.18 Å². The van der Waals surface area contributed by atoms with E-state index < -0.39 is 23.8 Å². The van der Waals surface area contributed by atoms with Gasteiger partial charge in [-0.2, -0.15) is 13.2 Å². The van der Waals surface area contributed by atoms with Crippen molar-refractivity contribution in [2.75, 3.05) is 18.5 Å². The van der Waals surface area contributed by atoms with Gasteiger partial charge < -0.3 is 15.2 Å². The number of hydrogen-bond donors (Lipinski definition) is 2. The molecule has 0 aromatic heterocycles. The number of fused-ring (bicyclic) bond motifs is 1. The highest BCUT2D eigenvalue weighted by molar-refractivity contribution is 7.80. The molecule has 154 valence electrons. The van der Waals surface area contributed by atoms with Gasteiger partial charge in [-0.15, -0.1) is 0 Å². The van der Waals surface area contributed by atoms with Crippen LogP contribution in [0.5, 0.6) is 0 Å². The summed E-state index contributed by atoms with van der Waals surface area (Å²) in [6.45, 7) is -0.576. The highest BCUT2D eigenvalue weighted by atomic mass is 32.1. The number of rotatable bonds is 4. The summed E-state index contributed by atoms with van der Waals surface area (Å²) >= 11 is 5.08. The summed E-state index contributed by atoms with van der Waals surface area (Å²) in [5.74, 6) is -0.213. The summed E-state index contributed by atoms with van der Waals surface area (Å²) in [6.07, 6.45) is -2.64. The second-order valence-electron chi connectivity index (χ2n) is 7.06. The third kappa shape index (κ3) is 4.76. The Bertz CT molecular complexity index is 916. The summed E-state index contributed by atoms with van der Waals surface area (Å²) in [5, 5.41) is 12.4. The average molecular weight is 423 g/mol. The van der Waals surface area contributed by atoms with Crippen molar-refractivity contribution >= 4 is 28.9 Å². The zero-order valence-corrected chi connectivity index (χ0v) is 16.3. The molecule has 2 N–H and O–H groups in total. The zero-order chi connectivity index (χ0) is 21.1. The predicted molar refractivity (Wildman–Crippen MR) is 107 cm³/mol. The number of carbonyl (C=O) groups is 1. The minimum atomic E-state index is -4.47. The molecule has 0 spiro atoms. The minimum absolute atomic E-state index is 0.125. The molecule has 0 heterocycles. The highest BCUT2D eigenvalue weighted by Crippen LogP contribution is 2.35. The number of carbonyl (C=O) groups excluding carboxylic acids is 1. The van der Waals surface area contributed by atoms with Gasteiger partial charge in [0.1, 0.15) is 6.61 Å². The van der Waals surface area contributed by atoms with Crippen LogP contribution in [0.4, 0.5) is 18.9 Å². The Morgan fingerprint density at radius 3 is 2.69 bits per heavy atom. The van der Waals surface area contributed by atoms with E-state index in [0.29, 0.717) is 18.4 Å². The number of aliphatic hydroxyl groups excluding tert-OH is 1. The number of ketones is 1. The highest BCUT2D eigenvalue weighted by Gasteiger charge is 2.41. The van der Waals surface area contributed by atoms with Crippen LogP contribution in [0, 0.1) is 5.41 Å². The number of hydrogen-bond acceptors (Lipinski definition) is 4. The monoisotopic (exact) mass is 423 g/mol. The molecule has 2 aromatic carbocycles. The molecule has 0 aliphatic heterocycles. The molecular formula is C21H20F3NO3S. The van der Waals surface area contributed by atoms with Crippen molar-refractivity contribution in [3.05, 3.63) is 65.2 Å². The Kier molecular flexibility index (Phi) is 6.24. The maximum absolute atomic E-state index is 13.1. The molecular weight excluding hydrogens is 403 g/mol. The van der Waals surface area contributed by atoms with E-state index in [1.54, 1.807) is 12.1 Å². The first kappa shape index (κ1) is 21.3. The Labute approximate surface area is 171 Å². The van der Waals surface area contributed by atoms with E-state index in [-0.39, 0.29) is 23.3 Å². The number of aryl methyl sites for hydroxylation is 1. The van der Waals surface area contributed by atoms with Gasteiger partial charge in [0.2, 0.25) is 0 Å². The van der Waals surface area contributed by atoms with Crippen molar-refractivity contribution in [2.24, 2.45) is 5.41 Å². The van der Waals surface area contributed by atoms with E-state index in [9.17, 15) is 23.1 Å². The second-order valence-corrected chi connectivity index (χ2v) is 7.43. The van der Waals surface area contributed by atoms with Gasteiger partial charge in [-0.25, -0.2) is 0 Å². The molecule has 1 aliphatic carbocycles. The molecule has 1 atom stereocenters. The Morgan fingerprint density at radius 1 is 1.21 bits per heavy atom. The van der Waals surface area contributed by atoms with Crippen LogP contribution in [0.15, 0.2) is 48.5 Å². The molecule has 0 fully saturated rings. The lowest BCUT2D eigenvalue weighted by Gasteiger charge is -2.29. The van der Waals surface area contributed by atoms with Crippen LogP contribution in [-0.4, -0.2) is 29.3 Å². The van der Waals surface area contributed by atoms with Gasteiger partial charge in [-0.3, -0.25) is 4.79 Å². The van der Waals surface area contributed by atoms with E-state index in [4.69, 9.17) is 17.0 Å². The van der Waals surface area contributed by atoms with Gasteiger partial charge in [0.05, 0.1) is 17.6 Å². The Hall–Kier alpha value is -2.45. The number of thiocarbonyl (C=S) groups is 1. The third-order valence-electron chi connectivity index (χ3n) is 5.06. The topological polar surface area (TPSA) is 58.6 Å². The smallest absolute Gasteiger partial charge is 0.416 e. The maximum Gasteiger partial charge on any atom is 0.416 e. The molecule has 1 aliphatic rings. The standard InChI is InChI=1S/C21H20F3NO3S/c22-21(23,24)15-7-3-8-16(11-15)25-19(29)28-13-20(12-26)10-4-6-14-5-1-2-9-17(14)18(20)27/h1-3,5,7-9,11,26H,4,6,10,12-13H2,(H,25,29).